The number of rotatable bonds is 15. The molecule has 0 radical (unpaired) electrons. The number of allylic oxidation sites excluding steroid dienone is 2. The number of hydrogen-bond acceptors (Lipinski definition) is 2. The van der Waals surface area contributed by atoms with Gasteiger partial charge in [0.2, 0.25) is 0 Å². The molecule has 2 unspecified atom stereocenters. The summed E-state index contributed by atoms with van der Waals surface area (Å²) in [6, 6.07) is 0. The summed E-state index contributed by atoms with van der Waals surface area (Å²) >= 11 is 2.01. The van der Waals surface area contributed by atoms with Gasteiger partial charge < -0.3 is 0 Å². The molecule has 0 saturated carbocycles. The predicted octanol–water partition coefficient (Wildman–Crippen LogP) is 8.23. The first-order valence-corrected chi connectivity index (χ1v) is 12.7. The van der Waals surface area contributed by atoms with Gasteiger partial charge >= 0.3 is 0 Å². The van der Waals surface area contributed by atoms with Crippen LogP contribution in [-0.4, -0.2) is 16.8 Å². The van der Waals surface area contributed by atoms with Gasteiger partial charge in [-0.1, -0.05) is 105 Å². The highest BCUT2D eigenvalue weighted by atomic mass is 32.2. The maximum atomic E-state index is 12.9. The number of Topliss-reactive ketones (excluding diaryl/α,β-unsaturated/α-hetero) is 1. The highest BCUT2D eigenvalue weighted by Crippen LogP contribution is 2.42. The third-order valence-electron chi connectivity index (χ3n) is 6.19. The minimum atomic E-state index is 0.117. The monoisotopic (exact) mass is 394 g/mol. The molecule has 0 fully saturated rings. The molecule has 0 aromatic heterocycles. The van der Waals surface area contributed by atoms with E-state index in [0.29, 0.717) is 17.0 Å². The Balaban J connectivity index is 2.08. The van der Waals surface area contributed by atoms with E-state index in [1.165, 1.54) is 70.0 Å². The van der Waals surface area contributed by atoms with E-state index < -0.39 is 0 Å². The summed E-state index contributed by atoms with van der Waals surface area (Å²) in [5, 5.41) is 0.463. The maximum Gasteiger partial charge on any atom is 0.138 e. The van der Waals surface area contributed by atoms with Gasteiger partial charge in [0.15, 0.2) is 0 Å². The second-order valence-corrected chi connectivity index (χ2v) is 11.0. The van der Waals surface area contributed by atoms with Gasteiger partial charge in [0.05, 0.1) is 0 Å². The van der Waals surface area contributed by atoms with Crippen LogP contribution < -0.4 is 0 Å². The largest absolute Gasteiger partial charge is 0.299 e. The van der Waals surface area contributed by atoms with Crippen LogP contribution in [0.1, 0.15) is 112 Å². The van der Waals surface area contributed by atoms with Crippen molar-refractivity contribution in [3.63, 3.8) is 0 Å². The molecule has 0 spiro atoms. The summed E-state index contributed by atoms with van der Waals surface area (Å²) in [6.07, 6.45) is 20.2. The molecule has 0 saturated heterocycles. The minimum absolute atomic E-state index is 0.117. The van der Waals surface area contributed by atoms with Crippen molar-refractivity contribution in [2.45, 2.75) is 117 Å². The van der Waals surface area contributed by atoms with Crippen molar-refractivity contribution in [1.29, 1.82) is 0 Å². The number of carbonyl (C=O) groups excluding carboxylic acids is 1. The molecule has 0 aromatic carbocycles. The highest BCUT2D eigenvalue weighted by Gasteiger charge is 2.39. The normalized spacial score (nSPS) is 22.7. The van der Waals surface area contributed by atoms with Crippen LogP contribution in [0.3, 0.4) is 0 Å². The van der Waals surface area contributed by atoms with Crippen LogP contribution in [-0.2, 0) is 4.79 Å². The van der Waals surface area contributed by atoms with Crippen molar-refractivity contribution in [2.24, 2.45) is 17.3 Å². The molecule has 3 atom stereocenters. The van der Waals surface area contributed by atoms with E-state index in [1.807, 2.05) is 11.8 Å². The van der Waals surface area contributed by atoms with Crippen molar-refractivity contribution in [3.05, 3.63) is 12.2 Å². The first kappa shape index (κ1) is 24.8. The third-order valence-corrected chi connectivity index (χ3v) is 7.45. The van der Waals surface area contributed by atoms with Crippen LogP contribution in [0.4, 0.5) is 0 Å². The molecule has 1 nitrogen and oxygen atoms in total. The smallest absolute Gasteiger partial charge is 0.138 e. The van der Waals surface area contributed by atoms with Gasteiger partial charge in [0, 0.05) is 17.6 Å². The van der Waals surface area contributed by atoms with Crippen LogP contribution in [0.5, 0.6) is 0 Å². The van der Waals surface area contributed by atoms with Gasteiger partial charge in [-0.15, -0.1) is 0 Å². The Morgan fingerprint density at radius 3 is 2.15 bits per heavy atom. The van der Waals surface area contributed by atoms with E-state index in [-0.39, 0.29) is 11.3 Å². The van der Waals surface area contributed by atoms with E-state index >= 15 is 0 Å². The van der Waals surface area contributed by atoms with Gasteiger partial charge in [-0.25, -0.2) is 0 Å². The van der Waals surface area contributed by atoms with E-state index in [4.69, 9.17) is 0 Å². The summed E-state index contributed by atoms with van der Waals surface area (Å²) in [4.78, 5) is 12.9. The molecule has 2 heteroatoms. The second-order valence-electron chi connectivity index (χ2n) is 9.49. The van der Waals surface area contributed by atoms with Crippen molar-refractivity contribution >= 4 is 17.5 Å². The number of ketones is 1. The zero-order valence-corrected chi connectivity index (χ0v) is 19.7. The molecule has 0 amide bonds. The van der Waals surface area contributed by atoms with Crippen LogP contribution in [0.2, 0.25) is 0 Å². The lowest BCUT2D eigenvalue weighted by Gasteiger charge is -2.39. The van der Waals surface area contributed by atoms with Crippen LogP contribution in [0.15, 0.2) is 12.2 Å². The Bertz CT molecular complexity index is 426. The molecule has 0 heterocycles. The van der Waals surface area contributed by atoms with Crippen molar-refractivity contribution in [3.8, 4) is 0 Å². The fraction of sp³-hybridized carbons (Fsp3) is 0.880. The van der Waals surface area contributed by atoms with Crippen LogP contribution in [0.25, 0.3) is 0 Å². The Morgan fingerprint density at radius 1 is 1.04 bits per heavy atom. The van der Waals surface area contributed by atoms with Gasteiger partial charge in [0.25, 0.3) is 0 Å². The molecule has 158 valence electrons. The van der Waals surface area contributed by atoms with Crippen molar-refractivity contribution < 1.29 is 4.79 Å². The molecule has 0 aromatic rings. The molecule has 0 bridgehead atoms. The summed E-state index contributed by atoms with van der Waals surface area (Å²) < 4.78 is 0. The zero-order chi connectivity index (χ0) is 20.1. The van der Waals surface area contributed by atoms with Gasteiger partial charge in [0.1, 0.15) is 5.78 Å². The Labute approximate surface area is 174 Å². The Hall–Kier alpha value is -0.240. The average Bonchev–Trinajstić information content (AvgIpc) is 2.58. The predicted molar refractivity (Wildman–Crippen MR) is 124 cm³/mol. The Morgan fingerprint density at radius 2 is 1.59 bits per heavy atom. The lowest BCUT2D eigenvalue weighted by Crippen LogP contribution is -2.38. The fourth-order valence-corrected chi connectivity index (χ4v) is 5.66. The lowest BCUT2D eigenvalue weighted by atomic mass is 9.65. The maximum absolute atomic E-state index is 12.9. The molecule has 0 N–H and O–H groups in total. The molecule has 1 aliphatic rings. The third kappa shape index (κ3) is 10.2. The quantitative estimate of drug-likeness (QED) is 0.205. The first-order valence-electron chi connectivity index (χ1n) is 11.7. The summed E-state index contributed by atoms with van der Waals surface area (Å²) in [6.45, 7) is 11.3. The van der Waals surface area contributed by atoms with E-state index in [2.05, 4.69) is 46.8 Å². The molecule has 1 rings (SSSR count). The summed E-state index contributed by atoms with van der Waals surface area (Å²) in [7, 11) is 0. The molecule has 27 heavy (non-hydrogen) atoms. The average molecular weight is 395 g/mol. The molecular weight excluding hydrogens is 348 g/mol. The van der Waals surface area contributed by atoms with Crippen LogP contribution >= 0.6 is 11.8 Å². The number of carbonyl (C=O) groups is 1. The summed E-state index contributed by atoms with van der Waals surface area (Å²) in [5.74, 6) is 2.29. The Kier molecular flexibility index (Phi) is 12.7. The van der Waals surface area contributed by atoms with E-state index in [1.54, 1.807) is 0 Å². The SMILES string of the molecule is CCCCCCCCCCCCSC(C)CC(=O)C1[C@H](C)C=CCC1(C)C. The standard InChI is InChI=1S/C25H46OS/c1-6-7-8-9-10-11-12-13-14-15-19-27-22(3)20-23(26)24-21(2)17-16-18-25(24,4)5/h16-17,21-22,24H,6-15,18-20H2,1-5H3/t21-,22?,24?/m1/s1. The van der Waals surface area contributed by atoms with Crippen LogP contribution in [0, 0.1) is 17.3 Å². The van der Waals surface area contributed by atoms with Crippen molar-refractivity contribution in [2.75, 3.05) is 5.75 Å². The topological polar surface area (TPSA) is 17.1 Å². The van der Waals surface area contributed by atoms with Crippen molar-refractivity contribution in [1.82, 2.24) is 0 Å². The summed E-state index contributed by atoms with van der Waals surface area (Å²) in [5.41, 5.74) is 0.117. The highest BCUT2D eigenvalue weighted by molar-refractivity contribution is 7.99. The minimum Gasteiger partial charge on any atom is -0.299 e. The van der Waals surface area contributed by atoms with E-state index in [0.717, 1.165) is 12.8 Å². The molecule has 0 aliphatic heterocycles. The molecule has 1 aliphatic carbocycles. The second kappa shape index (κ2) is 13.9. The zero-order valence-electron chi connectivity index (χ0n) is 18.9. The number of hydrogen-bond donors (Lipinski definition) is 0. The number of unbranched alkanes of at least 4 members (excludes halogenated alkanes) is 9. The van der Waals surface area contributed by atoms with Gasteiger partial charge in [-0.3, -0.25) is 4.79 Å². The van der Waals surface area contributed by atoms with E-state index in [9.17, 15) is 4.79 Å². The van der Waals surface area contributed by atoms with Gasteiger partial charge in [-0.05, 0) is 29.9 Å². The first-order chi connectivity index (χ1) is 12.9. The lowest BCUT2D eigenvalue weighted by molar-refractivity contribution is -0.128. The number of thioether (sulfide) groups is 1. The fourth-order valence-electron chi connectivity index (χ4n) is 4.61. The molecular formula is C25H46OS. The van der Waals surface area contributed by atoms with Gasteiger partial charge in [-0.2, -0.15) is 11.8 Å².